The number of amides is 1. The van der Waals surface area contributed by atoms with Crippen LogP contribution in [0.25, 0.3) is 0 Å². The van der Waals surface area contributed by atoms with Crippen LogP contribution in [0.3, 0.4) is 0 Å². The first kappa shape index (κ1) is 17.3. The monoisotopic (exact) mass is 353 g/mol. The summed E-state index contributed by atoms with van der Waals surface area (Å²) < 4.78 is 5.35. The van der Waals surface area contributed by atoms with Crippen molar-refractivity contribution in [1.29, 1.82) is 0 Å². The second-order valence-electron chi connectivity index (χ2n) is 7.61. The van der Waals surface area contributed by atoms with Crippen LogP contribution in [0.15, 0.2) is 34.9 Å². The Kier molecular flexibility index (Phi) is 5.32. The molecule has 2 fully saturated rings. The summed E-state index contributed by atoms with van der Waals surface area (Å²) in [6.07, 6.45) is 9.17. The quantitative estimate of drug-likeness (QED) is 0.821. The van der Waals surface area contributed by atoms with E-state index in [-0.39, 0.29) is 5.91 Å². The van der Waals surface area contributed by atoms with E-state index < -0.39 is 0 Å². The number of hydrogen-bond acceptors (Lipinski definition) is 4. The van der Waals surface area contributed by atoms with Crippen molar-refractivity contribution in [3.63, 3.8) is 0 Å². The van der Waals surface area contributed by atoms with Crippen LogP contribution in [0.1, 0.15) is 62.2 Å². The molecule has 2 aromatic rings. The minimum atomic E-state index is 0.254. The van der Waals surface area contributed by atoms with Crippen LogP contribution in [0.4, 0.5) is 0 Å². The Bertz CT molecular complexity index is 726. The van der Waals surface area contributed by atoms with Gasteiger partial charge in [-0.1, -0.05) is 48.3 Å². The zero-order chi connectivity index (χ0) is 17.8. The minimum absolute atomic E-state index is 0.254. The van der Waals surface area contributed by atoms with Gasteiger partial charge in [0.2, 0.25) is 11.8 Å². The Morgan fingerprint density at radius 2 is 1.92 bits per heavy atom. The number of benzene rings is 1. The predicted octanol–water partition coefficient (Wildman–Crippen LogP) is 3.77. The third kappa shape index (κ3) is 3.97. The summed E-state index contributed by atoms with van der Waals surface area (Å²) in [5.41, 5.74) is 1.16. The van der Waals surface area contributed by atoms with Gasteiger partial charge in [0.1, 0.15) is 0 Å². The lowest BCUT2D eigenvalue weighted by Gasteiger charge is -2.44. The van der Waals surface area contributed by atoms with Gasteiger partial charge in [-0.3, -0.25) is 4.79 Å². The maximum absolute atomic E-state index is 12.8. The van der Waals surface area contributed by atoms with Gasteiger partial charge in [0.05, 0.1) is 0 Å². The molecule has 2 aliphatic rings. The first-order chi connectivity index (χ1) is 12.8. The first-order valence-electron chi connectivity index (χ1n) is 9.94. The molecular weight excluding hydrogens is 326 g/mol. The summed E-state index contributed by atoms with van der Waals surface area (Å²) in [5.74, 6) is 2.23. The highest BCUT2D eigenvalue weighted by molar-refractivity contribution is 5.76. The van der Waals surface area contributed by atoms with Crippen LogP contribution < -0.4 is 0 Å². The molecule has 1 saturated heterocycles. The summed E-state index contributed by atoms with van der Waals surface area (Å²) in [6, 6.07) is 10.6. The van der Waals surface area contributed by atoms with Crippen molar-refractivity contribution in [1.82, 2.24) is 15.0 Å². The third-order valence-electron chi connectivity index (χ3n) is 5.83. The van der Waals surface area contributed by atoms with Gasteiger partial charge in [-0.25, -0.2) is 0 Å². The molecule has 0 bridgehead atoms. The van der Waals surface area contributed by atoms with Crippen molar-refractivity contribution in [2.45, 2.75) is 63.8 Å². The Morgan fingerprint density at radius 3 is 2.81 bits per heavy atom. The molecule has 0 spiro atoms. The van der Waals surface area contributed by atoms with E-state index in [4.69, 9.17) is 4.52 Å². The molecule has 1 aliphatic heterocycles. The number of likely N-dealkylation sites (tertiary alicyclic amines) is 1. The molecule has 2 heterocycles. The molecule has 5 nitrogen and oxygen atoms in total. The SMILES string of the molecule is O=C(CCc1nc(Cc2ccccc2)no1)N1CCC[C@@H]2CCCC[C@H]21. The van der Waals surface area contributed by atoms with Crippen LogP contribution in [0.5, 0.6) is 0 Å². The summed E-state index contributed by atoms with van der Waals surface area (Å²) in [4.78, 5) is 19.4. The average molecular weight is 353 g/mol. The highest BCUT2D eigenvalue weighted by Gasteiger charge is 2.35. The lowest BCUT2D eigenvalue weighted by molar-refractivity contribution is -0.137. The number of aromatic nitrogens is 2. The standard InChI is InChI=1S/C21H27N3O2/c25-21(24-14-6-10-17-9-4-5-11-18(17)24)13-12-20-22-19(23-26-20)15-16-7-2-1-3-8-16/h1-3,7-8,17-18H,4-6,9-15H2/t17-,18+/m0/s1. The summed E-state index contributed by atoms with van der Waals surface area (Å²) >= 11 is 0. The molecule has 0 N–H and O–H groups in total. The molecule has 5 heteroatoms. The highest BCUT2D eigenvalue weighted by Crippen LogP contribution is 2.35. The van der Waals surface area contributed by atoms with Gasteiger partial charge in [0, 0.05) is 31.8 Å². The number of carbonyl (C=O) groups is 1. The summed E-state index contributed by atoms with van der Waals surface area (Å²) in [7, 11) is 0. The van der Waals surface area contributed by atoms with E-state index in [2.05, 4.69) is 27.2 Å². The third-order valence-corrected chi connectivity index (χ3v) is 5.83. The van der Waals surface area contributed by atoms with Gasteiger partial charge in [-0.2, -0.15) is 4.98 Å². The van der Waals surface area contributed by atoms with E-state index in [1.165, 1.54) is 32.1 Å². The van der Waals surface area contributed by atoms with Crippen molar-refractivity contribution in [3.8, 4) is 0 Å². The normalized spacial score (nSPS) is 22.8. The van der Waals surface area contributed by atoms with Crippen LogP contribution in [-0.4, -0.2) is 33.5 Å². The fraction of sp³-hybridized carbons (Fsp3) is 0.571. The zero-order valence-corrected chi connectivity index (χ0v) is 15.3. The minimum Gasteiger partial charge on any atom is -0.339 e. The Morgan fingerprint density at radius 1 is 1.12 bits per heavy atom. The Labute approximate surface area is 154 Å². The number of aryl methyl sites for hydroxylation is 1. The van der Waals surface area contributed by atoms with E-state index in [1.807, 2.05) is 18.2 Å². The van der Waals surface area contributed by atoms with Crippen LogP contribution in [0.2, 0.25) is 0 Å². The lowest BCUT2D eigenvalue weighted by atomic mass is 9.78. The second-order valence-corrected chi connectivity index (χ2v) is 7.61. The lowest BCUT2D eigenvalue weighted by Crippen LogP contribution is -2.49. The predicted molar refractivity (Wildman–Crippen MR) is 98.6 cm³/mol. The van der Waals surface area contributed by atoms with Crippen molar-refractivity contribution in [2.24, 2.45) is 5.92 Å². The molecule has 26 heavy (non-hydrogen) atoms. The molecule has 0 radical (unpaired) electrons. The van der Waals surface area contributed by atoms with E-state index >= 15 is 0 Å². The number of carbonyl (C=O) groups excluding carboxylic acids is 1. The first-order valence-corrected chi connectivity index (χ1v) is 9.94. The van der Waals surface area contributed by atoms with Crippen molar-refractivity contribution >= 4 is 5.91 Å². The zero-order valence-electron chi connectivity index (χ0n) is 15.3. The van der Waals surface area contributed by atoms with Gasteiger partial charge >= 0.3 is 0 Å². The smallest absolute Gasteiger partial charge is 0.227 e. The molecule has 4 rings (SSSR count). The summed E-state index contributed by atoms with van der Waals surface area (Å²) in [5, 5.41) is 4.06. The molecule has 1 aliphatic carbocycles. The molecule has 1 aromatic heterocycles. The van der Waals surface area contributed by atoms with Gasteiger partial charge in [-0.05, 0) is 37.2 Å². The van der Waals surface area contributed by atoms with Gasteiger partial charge in [0.25, 0.3) is 0 Å². The van der Waals surface area contributed by atoms with Crippen molar-refractivity contribution in [3.05, 3.63) is 47.6 Å². The van der Waals surface area contributed by atoms with Gasteiger partial charge in [0.15, 0.2) is 5.82 Å². The topological polar surface area (TPSA) is 59.2 Å². The van der Waals surface area contributed by atoms with E-state index in [9.17, 15) is 4.79 Å². The van der Waals surface area contributed by atoms with Crippen LogP contribution in [-0.2, 0) is 17.6 Å². The van der Waals surface area contributed by atoms with Crippen LogP contribution >= 0.6 is 0 Å². The van der Waals surface area contributed by atoms with Crippen molar-refractivity contribution < 1.29 is 9.32 Å². The highest BCUT2D eigenvalue weighted by atomic mass is 16.5. The fourth-order valence-corrected chi connectivity index (χ4v) is 4.53. The maximum atomic E-state index is 12.8. The molecule has 1 aromatic carbocycles. The Hall–Kier alpha value is -2.17. The number of fused-ring (bicyclic) bond motifs is 1. The number of rotatable bonds is 5. The molecule has 138 valence electrons. The second kappa shape index (κ2) is 8.02. The largest absolute Gasteiger partial charge is 0.339 e. The number of piperidine rings is 1. The van der Waals surface area contributed by atoms with E-state index in [0.29, 0.717) is 37.0 Å². The Balaban J connectivity index is 1.31. The molecule has 1 amide bonds. The molecule has 1 saturated carbocycles. The van der Waals surface area contributed by atoms with E-state index in [1.54, 1.807) is 0 Å². The number of nitrogens with zero attached hydrogens (tertiary/aromatic N) is 3. The molecular formula is C21H27N3O2. The molecule has 2 atom stereocenters. The maximum Gasteiger partial charge on any atom is 0.227 e. The van der Waals surface area contributed by atoms with Crippen molar-refractivity contribution in [2.75, 3.05) is 6.54 Å². The van der Waals surface area contributed by atoms with Crippen LogP contribution in [0, 0.1) is 5.92 Å². The summed E-state index contributed by atoms with van der Waals surface area (Å²) in [6.45, 7) is 0.920. The number of hydrogen-bond donors (Lipinski definition) is 0. The van der Waals surface area contributed by atoms with Gasteiger partial charge in [-0.15, -0.1) is 0 Å². The fourth-order valence-electron chi connectivity index (χ4n) is 4.53. The van der Waals surface area contributed by atoms with Gasteiger partial charge < -0.3 is 9.42 Å². The molecule has 0 unspecified atom stereocenters. The van der Waals surface area contributed by atoms with E-state index in [0.717, 1.165) is 24.4 Å². The average Bonchev–Trinajstić information content (AvgIpc) is 3.14.